The number of fused-ring (bicyclic) bond motifs is 4. The molecule has 0 radical (unpaired) electrons. The summed E-state index contributed by atoms with van der Waals surface area (Å²) in [5.74, 6) is 1.08. The van der Waals surface area contributed by atoms with Crippen molar-refractivity contribution in [2.24, 2.45) is 0 Å². The number of allylic oxidation sites excluding steroid dienone is 1. The topological polar surface area (TPSA) is 13.1 Å². The molecule has 1 aliphatic carbocycles. The van der Waals surface area contributed by atoms with Gasteiger partial charge in [-0.05, 0) is 57.4 Å². The molecule has 1 heteroatoms. The van der Waals surface area contributed by atoms with Gasteiger partial charge in [0, 0.05) is 22.3 Å². The maximum Gasteiger partial charge on any atom is 0.142 e. The van der Waals surface area contributed by atoms with Crippen LogP contribution >= 0.6 is 0 Å². The quantitative estimate of drug-likeness (QED) is 0.270. The van der Waals surface area contributed by atoms with E-state index in [1.54, 1.807) is 0 Å². The standard InChI is InChI=1S/C33H30O/c1-20(2)23-14-9-15-24(21(3)4)31(23)32-25-12-6-5-11-22(25)19-29(32)28-17-10-16-27-26-13-7-8-18-30(26)34-33(27)28/h5-21,32H,1-4H3. The van der Waals surface area contributed by atoms with E-state index >= 15 is 0 Å². The van der Waals surface area contributed by atoms with Gasteiger partial charge in [-0.15, -0.1) is 0 Å². The lowest BCUT2D eigenvalue weighted by molar-refractivity contribution is 0.667. The SMILES string of the molecule is CC(C)c1cccc(C(C)C)c1C1C(c2cccc3c2oc2ccccc23)=Cc2ccccc21. The number of hydrogen-bond donors (Lipinski definition) is 0. The van der Waals surface area contributed by atoms with Crippen molar-refractivity contribution in [2.45, 2.75) is 45.4 Å². The Balaban J connectivity index is 1.67. The van der Waals surface area contributed by atoms with Gasteiger partial charge in [-0.25, -0.2) is 0 Å². The minimum atomic E-state index is 0.186. The first-order valence-electron chi connectivity index (χ1n) is 12.4. The summed E-state index contributed by atoms with van der Waals surface area (Å²) in [6, 6.07) is 30.7. The summed E-state index contributed by atoms with van der Waals surface area (Å²) in [6.07, 6.45) is 2.39. The number of para-hydroxylation sites is 2. The summed E-state index contributed by atoms with van der Waals surface area (Å²) in [5.41, 5.74) is 11.5. The Morgan fingerprint density at radius 1 is 0.647 bits per heavy atom. The summed E-state index contributed by atoms with van der Waals surface area (Å²) in [7, 11) is 0. The third kappa shape index (κ3) is 3.15. The van der Waals surface area contributed by atoms with Crippen LogP contribution in [-0.2, 0) is 0 Å². The summed E-state index contributed by atoms with van der Waals surface area (Å²) in [4.78, 5) is 0. The molecule has 0 saturated heterocycles. The summed E-state index contributed by atoms with van der Waals surface area (Å²) < 4.78 is 6.49. The number of rotatable bonds is 4. The van der Waals surface area contributed by atoms with Gasteiger partial charge in [0.1, 0.15) is 11.2 Å². The van der Waals surface area contributed by atoms with E-state index in [1.165, 1.54) is 49.7 Å². The largest absolute Gasteiger partial charge is 0.455 e. The zero-order valence-electron chi connectivity index (χ0n) is 20.3. The molecule has 168 valence electrons. The highest BCUT2D eigenvalue weighted by Gasteiger charge is 2.33. The van der Waals surface area contributed by atoms with Crippen molar-refractivity contribution in [1.82, 2.24) is 0 Å². The van der Waals surface area contributed by atoms with Crippen LogP contribution in [0.15, 0.2) is 89.3 Å². The predicted molar refractivity (Wildman–Crippen MR) is 144 cm³/mol. The Hall–Kier alpha value is -3.58. The second-order valence-electron chi connectivity index (χ2n) is 10.1. The van der Waals surface area contributed by atoms with E-state index in [0.29, 0.717) is 11.8 Å². The van der Waals surface area contributed by atoms with Crippen LogP contribution in [0.5, 0.6) is 0 Å². The van der Waals surface area contributed by atoms with Crippen molar-refractivity contribution in [1.29, 1.82) is 0 Å². The highest BCUT2D eigenvalue weighted by molar-refractivity contribution is 6.10. The van der Waals surface area contributed by atoms with Gasteiger partial charge in [0.2, 0.25) is 0 Å². The lowest BCUT2D eigenvalue weighted by Crippen LogP contribution is -2.11. The van der Waals surface area contributed by atoms with Crippen LogP contribution in [0.25, 0.3) is 33.6 Å². The van der Waals surface area contributed by atoms with E-state index < -0.39 is 0 Å². The van der Waals surface area contributed by atoms with E-state index in [2.05, 4.69) is 113 Å². The maximum absolute atomic E-state index is 6.49. The van der Waals surface area contributed by atoms with Crippen molar-refractivity contribution in [3.8, 4) is 0 Å². The van der Waals surface area contributed by atoms with Crippen molar-refractivity contribution in [3.63, 3.8) is 0 Å². The molecule has 1 atom stereocenters. The Morgan fingerprint density at radius 3 is 2.06 bits per heavy atom. The molecule has 5 aromatic rings. The summed E-state index contributed by atoms with van der Waals surface area (Å²) in [6.45, 7) is 9.25. The van der Waals surface area contributed by atoms with Crippen molar-refractivity contribution < 1.29 is 4.42 Å². The van der Waals surface area contributed by atoms with Gasteiger partial charge in [0.05, 0.1) is 0 Å². The van der Waals surface area contributed by atoms with Gasteiger partial charge in [-0.2, -0.15) is 0 Å². The molecule has 1 heterocycles. The van der Waals surface area contributed by atoms with Crippen LogP contribution in [0.2, 0.25) is 0 Å². The Labute approximate surface area is 201 Å². The fourth-order valence-corrected chi connectivity index (χ4v) is 5.78. The molecular weight excluding hydrogens is 412 g/mol. The average molecular weight is 443 g/mol. The van der Waals surface area contributed by atoms with Crippen molar-refractivity contribution >= 4 is 33.6 Å². The third-order valence-corrected chi connectivity index (χ3v) is 7.35. The van der Waals surface area contributed by atoms with E-state index in [0.717, 1.165) is 11.2 Å². The Morgan fingerprint density at radius 2 is 1.29 bits per heavy atom. The van der Waals surface area contributed by atoms with Gasteiger partial charge >= 0.3 is 0 Å². The molecule has 0 saturated carbocycles. The Bertz CT molecular complexity index is 1530. The molecule has 0 fully saturated rings. The lowest BCUT2D eigenvalue weighted by atomic mass is 9.76. The first kappa shape index (κ1) is 21.0. The van der Waals surface area contributed by atoms with Crippen molar-refractivity contribution in [2.75, 3.05) is 0 Å². The fourth-order valence-electron chi connectivity index (χ4n) is 5.78. The molecule has 4 aromatic carbocycles. The van der Waals surface area contributed by atoms with Crippen LogP contribution in [0.1, 0.15) is 78.8 Å². The normalized spacial score (nSPS) is 15.5. The van der Waals surface area contributed by atoms with E-state index in [-0.39, 0.29) is 5.92 Å². The van der Waals surface area contributed by atoms with Crippen LogP contribution in [0.3, 0.4) is 0 Å². The van der Waals surface area contributed by atoms with E-state index in [1.807, 2.05) is 6.07 Å². The highest BCUT2D eigenvalue weighted by Crippen LogP contribution is 2.51. The molecule has 6 rings (SSSR count). The summed E-state index contributed by atoms with van der Waals surface area (Å²) >= 11 is 0. The molecule has 1 aromatic heterocycles. The minimum Gasteiger partial charge on any atom is -0.455 e. The molecule has 0 N–H and O–H groups in total. The predicted octanol–water partition coefficient (Wildman–Crippen LogP) is 9.52. The van der Waals surface area contributed by atoms with Gasteiger partial charge in [-0.3, -0.25) is 0 Å². The Kier molecular flexibility index (Phi) is 4.95. The molecule has 1 aliphatic rings. The second-order valence-corrected chi connectivity index (χ2v) is 10.1. The molecule has 1 nitrogen and oxygen atoms in total. The van der Waals surface area contributed by atoms with Gasteiger partial charge in [0.25, 0.3) is 0 Å². The maximum atomic E-state index is 6.49. The zero-order chi connectivity index (χ0) is 23.4. The van der Waals surface area contributed by atoms with Crippen LogP contribution in [0, 0.1) is 0 Å². The smallest absolute Gasteiger partial charge is 0.142 e. The van der Waals surface area contributed by atoms with E-state index in [9.17, 15) is 0 Å². The third-order valence-electron chi connectivity index (χ3n) is 7.35. The molecular formula is C33H30O. The fraction of sp³-hybridized carbons (Fsp3) is 0.212. The molecule has 0 amide bonds. The summed E-state index contributed by atoms with van der Waals surface area (Å²) in [5, 5.41) is 2.36. The van der Waals surface area contributed by atoms with Crippen LogP contribution < -0.4 is 0 Å². The molecule has 0 bridgehead atoms. The molecule has 34 heavy (non-hydrogen) atoms. The lowest BCUT2D eigenvalue weighted by Gasteiger charge is -2.27. The first-order chi connectivity index (χ1) is 16.5. The van der Waals surface area contributed by atoms with Crippen LogP contribution in [0.4, 0.5) is 0 Å². The highest BCUT2D eigenvalue weighted by atomic mass is 16.3. The zero-order valence-corrected chi connectivity index (χ0v) is 20.3. The second kappa shape index (κ2) is 8.02. The van der Waals surface area contributed by atoms with Crippen LogP contribution in [-0.4, -0.2) is 0 Å². The van der Waals surface area contributed by atoms with Gasteiger partial charge in [-0.1, -0.05) is 107 Å². The first-order valence-corrected chi connectivity index (χ1v) is 12.4. The molecule has 0 spiro atoms. The number of furan rings is 1. The monoisotopic (exact) mass is 442 g/mol. The van der Waals surface area contributed by atoms with Crippen molar-refractivity contribution in [3.05, 3.63) is 118 Å². The molecule has 0 aliphatic heterocycles. The average Bonchev–Trinajstić information content (AvgIpc) is 3.42. The van der Waals surface area contributed by atoms with Gasteiger partial charge in [0.15, 0.2) is 0 Å². The number of hydrogen-bond acceptors (Lipinski definition) is 1. The minimum absolute atomic E-state index is 0.186. The number of benzene rings is 4. The van der Waals surface area contributed by atoms with E-state index in [4.69, 9.17) is 4.42 Å². The molecule has 1 unspecified atom stereocenters. The van der Waals surface area contributed by atoms with Gasteiger partial charge < -0.3 is 4.42 Å².